The maximum absolute atomic E-state index is 10.4. The van der Waals surface area contributed by atoms with Gasteiger partial charge in [0.1, 0.15) is 5.92 Å². The molecule has 1 atom stereocenters. The van der Waals surface area contributed by atoms with Crippen LogP contribution in [-0.2, 0) is 4.79 Å². The lowest BCUT2D eigenvalue weighted by molar-refractivity contribution is -0.138. The predicted molar refractivity (Wildman–Crippen MR) is 38.4 cm³/mol. The first-order valence-electron chi connectivity index (χ1n) is 3.38. The molecule has 1 unspecified atom stereocenters. The summed E-state index contributed by atoms with van der Waals surface area (Å²) >= 11 is 0. The van der Waals surface area contributed by atoms with Crippen molar-refractivity contribution in [1.29, 1.82) is 0 Å². The fraction of sp³-hybridized carbons (Fsp3) is 0.500. The number of hydrogen-bond acceptors (Lipinski definition) is 5. The molecule has 0 saturated heterocycles. The third-order valence-electron chi connectivity index (χ3n) is 1.35. The van der Waals surface area contributed by atoms with Gasteiger partial charge in [-0.05, 0) is 13.8 Å². The number of carboxylic acids is 1. The van der Waals surface area contributed by atoms with E-state index in [-0.39, 0.29) is 5.82 Å². The first-order valence-corrected chi connectivity index (χ1v) is 3.38. The van der Waals surface area contributed by atoms with E-state index < -0.39 is 11.9 Å². The fourth-order valence-electron chi connectivity index (χ4n) is 0.571. The van der Waals surface area contributed by atoms with Gasteiger partial charge in [-0.3, -0.25) is 4.79 Å². The van der Waals surface area contributed by atoms with E-state index >= 15 is 0 Å². The van der Waals surface area contributed by atoms with E-state index in [1.165, 1.54) is 6.92 Å². The minimum atomic E-state index is -0.984. The van der Waals surface area contributed by atoms with Gasteiger partial charge >= 0.3 is 5.97 Å². The van der Waals surface area contributed by atoms with Gasteiger partial charge in [0.15, 0.2) is 11.6 Å². The fourth-order valence-corrected chi connectivity index (χ4v) is 0.571. The van der Waals surface area contributed by atoms with Crippen LogP contribution in [0.4, 0.5) is 0 Å². The van der Waals surface area contributed by atoms with Gasteiger partial charge in [-0.25, -0.2) is 0 Å². The van der Waals surface area contributed by atoms with Crippen LogP contribution in [0.25, 0.3) is 0 Å². The summed E-state index contributed by atoms with van der Waals surface area (Å²) in [5, 5.41) is 23.0. The van der Waals surface area contributed by atoms with Crippen molar-refractivity contribution in [3.63, 3.8) is 0 Å². The number of aryl methyl sites for hydroxylation is 1. The number of aliphatic carboxylic acids is 1. The van der Waals surface area contributed by atoms with Gasteiger partial charge in [0.25, 0.3) is 0 Å². The second-order valence-electron chi connectivity index (χ2n) is 2.37. The van der Waals surface area contributed by atoms with Crippen molar-refractivity contribution in [2.45, 2.75) is 19.8 Å². The van der Waals surface area contributed by atoms with Crippen molar-refractivity contribution in [3.05, 3.63) is 11.6 Å². The van der Waals surface area contributed by atoms with E-state index in [1.54, 1.807) is 6.92 Å². The SMILES string of the molecule is Cc1nnc(C(C)C(=O)O)nn1. The molecule has 6 nitrogen and oxygen atoms in total. The molecule has 0 amide bonds. The first kappa shape index (κ1) is 8.51. The molecule has 0 fully saturated rings. The van der Waals surface area contributed by atoms with Crippen LogP contribution >= 0.6 is 0 Å². The number of hydrogen-bond donors (Lipinski definition) is 1. The molecule has 0 aliphatic carbocycles. The van der Waals surface area contributed by atoms with Crippen LogP contribution in [-0.4, -0.2) is 31.5 Å². The second kappa shape index (κ2) is 3.21. The van der Waals surface area contributed by atoms with Crippen molar-refractivity contribution in [2.75, 3.05) is 0 Å². The summed E-state index contributed by atoms with van der Waals surface area (Å²) in [5.41, 5.74) is 0. The summed E-state index contributed by atoms with van der Waals surface area (Å²) in [6.07, 6.45) is 0. The molecule has 1 aromatic heterocycles. The molecule has 64 valence electrons. The molecule has 0 spiro atoms. The van der Waals surface area contributed by atoms with Crippen molar-refractivity contribution < 1.29 is 9.90 Å². The summed E-state index contributed by atoms with van der Waals surface area (Å²) in [4.78, 5) is 10.4. The molecule has 1 aromatic rings. The monoisotopic (exact) mass is 168 g/mol. The predicted octanol–water partition coefficient (Wildman–Crippen LogP) is -0.237. The van der Waals surface area contributed by atoms with E-state index in [9.17, 15) is 4.79 Å². The van der Waals surface area contributed by atoms with Crippen LogP contribution in [0.3, 0.4) is 0 Å². The van der Waals surface area contributed by atoms with Gasteiger partial charge in [-0.2, -0.15) is 0 Å². The van der Waals surface area contributed by atoms with Crippen molar-refractivity contribution in [3.8, 4) is 0 Å². The van der Waals surface area contributed by atoms with Gasteiger partial charge in [0, 0.05) is 0 Å². The van der Waals surface area contributed by atoms with E-state index in [0.717, 1.165) is 0 Å². The number of aromatic nitrogens is 4. The smallest absolute Gasteiger partial charge is 0.314 e. The average Bonchev–Trinajstić information content (AvgIpc) is 2.04. The molecule has 12 heavy (non-hydrogen) atoms. The Bertz CT molecular complexity index is 284. The summed E-state index contributed by atoms with van der Waals surface area (Å²) in [5.74, 6) is -1.18. The average molecular weight is 168 g/mol. The van der Waals surface area contributed by atoms with Gasteiger partial charge in [0.2, 0.25) is 0 Å². The Morgan fingerprint density at radius 3 is 2.25 bits per heavy atom. The van der Waals surface area contributed by atoms with E-state index in [1.807, 2.05) is 0 Å². The Labute approximate surface area is 68.7 Å². The van der Waals surface area contributed by atoms with Crippen LogP contribution in [0.5, 0.6) is 0 Å². The minimum Gasteiger partial charge on any atom is -0.481 e. The standard InChI is InChI=1S/C6H8N4O2/c1-3(6(11)12)5-9-7-4(2)8-10-5/h3H,1-2H3,(H,11,12). The van der Waals surface area contributed by atoms with Gasteiger partial charge in [-0.15, -0.1) is 20.4 Å². The molecule has 0 radical (unpaired) electrons. The topological polar surface area (TPSA) is 88.9 Å². The highest BCUT2D eigenvalue weighted by atomic mass is 16.4. The number of carboxylic acid groups (broad SMARTS) is 1. The highest BCUT2D eigenvalue weighted by molar-refractivity contribution is 5.74. The molecular formula is C6H8N4O2. The Hall–Kier alpha value is -1.59. The zero-order valence-corrected chi connectivity index (χ0v) is 6.72. The van der Waals surface area contributed by atoms with Crippen LogP contribution in [0.1, 0.15) is 24.5 Å². The van der Waals surface area contributed by atoms with Gasteiger partial charge in [-0.1, -0.05) is 0 Å². The molecular weight excluding hydrogens is 160 g/mol. The van der Waals surface area contributed by atoms with E-state index in [0.29, 0.717) is 5.82 Å². The molecule has 0 aliphatic heterocycles. The summed E-state index contributed by atoms with van der Waals surface area (Å²) in [6.45, 7) is 3.12. The Balaban J connectivity index is 2.89. The van der Waals surface area contributed by atoms with Crippen molar-refractivity contribution in [2.24, 2.45) is 0 Å². The van der Waals surface area contributed by atoms with Crippen LogP contribution in [0.2, 0.25) is 0 Å². The largest absolute Gasteiger partial charge is 0.481 e. The van der Waals surface area contributed by atoms with E-state index in [2.05, 4.69) is 20.4 Å². The van der Waals surface area contributed by atoms with Crippen molar-refractivity contribution >= 4 is 5.97 Å². The van der Waals surface area contributed by atoms with Gasteiger partial charge in [0.05, 0.1) is 0 Å². The summed E-state index contributed by atoms with van der Waals surface area (Å²) in [7, 11) is 0. The number of nitrogens with zero attached hydrogens (tertiary/aromatic N) is 4. The molecule has 0 aliphatic rings. The summed E-state index contributed by atoms with van der Waals surface area (Å²) < 4.78 is 0. The highest BCUT2D eigenvalue weighted by Crippen LogP contribution is 2.06. The maximum atomic E-state index is 10.4. The van der Waals surface area contributed by atoms with Crippen molar-refractivity contribution in [1.82, 2.24) is 20.4 Å². The Kier molecular flexibility index (Phi) is 2.27. The third-order valence-corrected chi connectivity index (χ3v) is 1.35. The number of carbonyl (C=O) groups is 1. The molecule has 6 heteroatoms. The lowest BCUT2D eigenvalue weighted by atomic mass is 10.2. The molecule has 0 saturated carbocycles. The molecule has 1 N–H and O–H groups in total. The quantitative estimate of drug-likeness (QED) is 0.655. The lowest BCUT2D eigenvalue weighted by Gasteiger charge is -2.00. The third kappa shape index (κ3) is 1.71. The zero-order valence-electron chi connectivity index (χ0n) is 6.72. The number of rotatable bonds is 2. The minimum absolute atomic E-state index is 0.133. The van der Waals surface area contributed by atoms with Gasteiger partial charge < -0.3 is 5.11 Å². The first-order chi connectivity index (χ1) is 5.61. The van der Waals surface area contributed by atoms with Crippen LogP contribution in [0.15, 0.2) is 0 Å². The molecule has 0 aromatic carbocycles. The normalized spacial score (nSPS) is 12.5. The maximum Gasteiger partial charge on any atom is 0.314 e. The Morgan fingerprint density at radius 2 is 1.83 bits per heavy atom. The molecule has 1 rings (SSSR count). The van der Waals surface area contributed by atoms with E-state index in [4.69, 9.17) is 5.11 Å². The highest BCUT2D eigenvalue weighted by Gasteiger charge is 2.17. The molecule has 1 heterocycles. The molecule has 0 bridgehead atoms. The van der Waals surface area contributed by atoms with Crippen LogP contribution < -0.4 is 0 Å². The zero-order chi connectivity index (χ0) is 9.14. The lowest BCUT2D eigenvalue weighted by Crippen LogP contribution is -2.13. The summed E-state index contributed by atoms with van der Waals surface area (Å²) in [6, 6.07) is 0. The Morgan fingerprint density at radius 1 is 1.33 bits per heavy atom. The van der Waals surface area contributed by atoms with Crippen LogP contribution in [0, 0.1) is 6.92 Å². The second-order valence-corrected chi connectivity index (χ2v) is 2.37.